The van der Waals surface area contributed by atoms with Gasteiger partial charge in [-0.2, -0.15) is 0 Å². The fourth-order valence-corrected chi connectivity index (χ4v) is 2.24. The number of hydrogen-bond acceptors (Lipinski definition) is 5. The molecule has 1 aromatic heterocycles. The summed E-state index contributed by atoms with van der Waals surface area (Å²) in [6.45, 7) is 3.95. The summed E-state index contributed by atoms with van der Waals surface area (Å²) in [5.74, 6) is 0.821. The van der Waals surface area contributed by atoms with E-state index < -0.39 is 0 Å². The van der Waals surface area contributed by atoms with Gasteiger partial charge in [0.1, 0.15) is 11.5 Å². The van der Waals surface area contributed by atoms with Gasteiger partial charge in [-0.15, -0.1) is 6.58 Å². The summed E-state index contributed by atoms with van der Waals surface area (Å²) in [5.41, 5.74) is 1.70. The molecule has 0 aliphatic rings. The summed E-state index contributed by atoms with van der Waals surface area (Å²) in [6.07, 6.45) is 4.70. The number of hydrogen-bond donors (Lipinski definition) is 2. The van der Waals surface area contributed by atoms with Crippen LogP contribution in [0, 0.1) is 0 Å². The van der Waals surface area contributed by atoms with Crippen molar-refractivity contribution in [3.63, 3.8) is 0 Å². The van der Waals surface area contributed by atoms with E-state index in [4.69, 9.17) is 21.1 Å². The summed E-state index contributed by atoms with van der Waals surface area (Å²) >= 11 is 6.09. The highest BCUT2D eigenvalue weighted by atomic mass is 35.5. The first-order valence-electron chi connectivity index (χ1n) is 7.11. The first-order valence-corrected chi connectivity index (χ1v) is 7.49. The van der Waals surface area contributed by atoms with Gasteiger partial charge in [-0.3, -0.25) is 9.78 Å². The van der Waals surface area contributed by atoms with E-state index in [-0.39, 0.29) is 5.91 Å². The van der Waals surface area contributed by atoms with Crippen LogP contribution in [0.15, 0.2) is 43.2 Å². The third kappa shape index (κ3) is 4.17. The van der Waals surface area contributed by atoms with Crippen molar-refractivity contribution in [2.45, 2.75) is 0 Å². The molecule has 24 heavy (non-hydrogen) atoms. The summed E-state index contributed by atoms with van der Waals surface area (Å²) in [5, 5.41) is 6.29. The Morgan fingerprint density at radius 2 is 2.00 bits per heavy atom. The van der Waals surface area contributed by atoms with Gasteiger partial charge in [0.15, 0.2) is 0 Å². The number of carbonyl (C=O) groups excluding carboxylic acids is 1. The Hall–Kier alpha value is -2.73. The summed E-state index contributed by atoms with van der Waals surface area (Å²) in [4.78, 5) is 16.1. The van der Waals surface area contributed by atoms with E-state index in [1.54, 1.807) is 37.6 Å². The maximum Gasteiger partial charge on any atom is 0.253 e. The van der Waals surface area contributed by atoms with Crippen LogP contribution in [-0.4, -0.2) is 31.7 Å². The van der Waals surface area contributed by atoms with Gasteiger partial charge in [0, 0.05) is 24.9 Å². The molecule has 1 heterocycles. The SMILES string of the molecule is C=CCNC(=O)c1cncc(Nc2cc(OC)c(Cl)cc2OC)c1. The van der Waals surface area contributed by atoms with E-state index in [2.05, 4.69) is 22.2 Å². The third-order valence-electron chi connectivity index (χ3n) is 3.16. The van der Waals surface area contributed by atoms with Crippen molar-refractivity contribution in [3.8, 4) is 11.5 Å². The zero-order chi connectivity index (χ0) is 17.5. The lowest BCUT2D eigenvalue weighted by Gasteiger charge is -2.14. The molecule has 0 saturated heterocycles. The second-order valence-electron chi connectivity index (χ2n) is 4.77. The number of aromatic nitrogens is 1. The van der Waals surface area contributed by atoms with Crippen molar-refractivity contribution in [2.75, 3.05) is 26.1 Å². The molecule has 1 aromatic carbocycles. The predicted octanol–water partition coefficient (Wildman–Crippen LogP) is 3.41. The highest BCUT2D eigenvalue weighted by Gasteiger charge is 2.11. The van der Waals surface area contributed by atoms with Crippen LogP contribution in [-0.2, 0) is 0 Å². The first kappa shape index (κ1) is 17.6. The molecule has 7 heteroatoms. The monoisotopic (exact) mass is 347 g/mol. The average molecular weight is 348 g/mol. The molecular weight excluding hydrogens is 330 g/mol. The number of benzene rings is 1. The lowest BCUT2D eigenvalue weighted by atomic mass is 10.2. The molecule has 2 rings (SSSR count). The van der Waals surface area contributed by atoms with Crippen LogP contribution in [0.25, 0.3) is 0 Å². The quantitative estimate of drug-likeness (QED) is 0.751. The number of pyridine rings is 1. The molecule has 1 amide bonds. The Kier molecular flexibility index (Phi) is 6.03. The molecule has 0 bridgehead atoms. The highest BCUT2D eigenvalue weighted by Crippen LogP contribution is 2.37. The fraction of sp³-hybridized carbons (Fsp3) is 0.176. The van der Waals surface area contributed by atoms with Gasteiger partial charge in [-0.1, -0.05) is 17.7 Å². The number of rotatable bonds is 7. The molecule has 6 nitrogen and oxygen atoms in total. The molecule has 126 valence electrons. The van der Waals surface area contributed by atoms with Crippen LogP contribution in [0.5, 0.6) is 11.5 Å². The molecule has 0 spiro atoms. The molecule has 0 saturated carbocycles. The van der Waals surface area contributed by atoms with Crippen LogP contribution in [0.4, 0.5) is 11.4 Å². The van der Waals surface area contributed by atoms with Crippen molar-refractivity contribution in [3.05, 3.63) is 53.8 Å². The number of halogens is 1. The maximum atomic E-state index is 12.0. The van der Waals surface area contributed by atoms with Crippen LogP contribution < -0.4 is 20.1 Å². The van der Waals surface area contributed by atoms with Gasteiger partial charge in [-0.25, -0.2) is 0 Å². The van der Waals surface area contributed by atoms with Gasteiger partial charge in [0.2, 0.25) is 0 Å². The van der Waals surface area contributed by atoms with Crippen LogP contribution in [0.1, 0.15) is 10.4 Å². The molecular formula is C17H18ClN3O3. The Labute approximate surface area is 145 Å². The van der Waals surface area contributed by atoms with Gasteiger partial charge < -0.3 is 20.1 Å². The second-order valence-corrected chi connectivity index (χ2v) is 5.18. The number of anilines is 2. The first-order chi connectivity index (χ1) is 11.6. The number of amides is 1. The lowest BCUT2D eigenvalue weighted by molar-refractivity contribution is 0.0957. The van der Waals surface area contributed by atoms with E-state index in [1.165, 1.54) is 13.3 Å². The predicted molar refractivity (Wildman–Crippen MR) is 94.6 cm³/mol. The van der Waals surface area contributed by atoms with Gasteiger partial charge >= 0.3 is 0 Å². The van der Waals surface area contributed by atoms with Gasteiger partial charge in [0.25, 0.3) is 5.91 Å². The van der Waals surface area contributed by atoms with E-state index in [1.807, 2.05) is 0 Å². The Morgan fingerprint density at radius 1 is 1.25 bits per heavy atom. The minimum Gasteiger partial charge on any atom is -0.495 e. The topological polar surface area (TPSA) is 72.5 Å². The highest BCUT2D eigenvalue weighted by molar-refractivity contribution is 6.32. The van der Waals surface area contributed by atoms with Crippen LogP contribution in [0.2, 0.25) is 5.02 Å². The molecule has 2 N–H and O–H groups in total. The normalized spacial score (nSPS) is 9.96. The van der Waals surface area contributed by atoms with Crippen molar-refractivity contribution in [2.24, 2.45) is 0 Å². The van der Waals surface area contributed by atoms with Crippen molar-refractivity contribution in [1.82, 2.24) is 10.3 Å². The Bertz CT molecular complexity index is 750. The molecule has 0 aliphatic heterocycles. The average Bonchev–Trinajstić information content (AvgIpc) is 2.60. The Balaban J connectivity index is 2.28. The molecule has 0 unspecified atom stereocenters. The second kappa shape index (κ2) is 8.21. The van der Waals surface area contributed by atoms with Gasteiger partial charge in [0.05, 0.1) is 42.4 Å². The zero-order valence-corrected chi connectivity index (χ0v) is 14.2. The van der Waals surface area contributed by atoms with E-state index >= 15 is 0 Å². The van der Waals surface area contributed by atoms with E-state index in [9.17, 15) is 4.79 Å². The third-order valence-corrected chi connectivity index (χ3v) is 3.46. The van der Waals surface area contributed by atoms with E-state index in [0.29, 0.717) is 40.0 Å². The number of nitrogens with zero attached hydrogens (tertiary/aromatic N) is 1. The largest absolute Gasteiger partial charge is 0.495 e. The molecule has 0 aliphatic carbocycles. The Morgan fingerprint density at radius 3 is 2.67 bits per heavy atom. The van der Waals surface area contributed by atoms with Crippen molar-refractivity contribution < 1.29 is 14.3 Å². The number of ether oxygens (including phenoxy) is 2. The zero-order valence-electron chi connectivity index (χ0n) is 13.4. The molecule has 0 radical (unpaired) electrons. The number of methoxy groups -OCH3 is 2. The van der Waals surface area contributed by atoms with Crippen LogP contribution in [0.3, 0.4) is 0 Å². The minimum atomic E-state index is -0.230. The summed E-state index contributed by atoms with van der Waals surface area (Å²) in [7, 11) is 3.07. The minimum absolute atomic E-state index is 0.230. The van der Waals surface area contributed by atoms with E-state index in [0.717, 1.165) is 0 Å². The van der Waals surface area contributed by atoms with Crippen LogP contribution >= 0.6 is 11.6 Å². The fourth-order valence-electron chi connectivity index (χ4n) is 2.01. The van der Waals surface area contributed by atoms with Crippen molar-refractivity contribution in [1.29, 1.82) is 0 Å². The molecule has 0 atom stereocenters. The number of nitrogens with one attached hydrogen (secondary N) is 2. The maximum absolute atomic E-state index is 12.0. The molecule has 0 fully saturated rings. The summed E-state index contributed by atoms with van der Waals surface area (Å²) < 4.78 is 10.5. The smallest absolute Gasteiger partial charge is 0.253 e. The molecule has 2 aromatic rings. The van der Waals surface area contributed by atoms with Crippen molar-refractivity contribution >= 4 is 28.9 Å². The van der Waals surface area contributed by atoms with Gasteiger partial charge in [-0.05, 0) is 6.07 Å². The number of carbonyl (C=O) groups is 1. The standard InChI is InChI=1S/C17H18ClN3O3/c1-4-5-20-17(22)11-6-12(10-19-9-11)21-14-8-15(23-2)13(18)7-16(14)24-3/h4,6-10,21H,1,5H2,2-3H3,(H,20,22). The summed E-state index contributed by atoms with van der Waals surface area (Å²) in [6, 6.07) is 5.05. The lowest BCUT2D eigenvalue weighted by Crippen LogP contribution is -2.23.